The first kappa shape index (κ1) is 14.3. The van der Waals surface area contributed by atoms with Crippen molar-refractivity contribution in [1.29, 1.82) is 0 Å². The number of nitrogens with zero attached hydrogens (tertiary/aromatic N) is 1. The Balaban J connectivity index is 1.59. The summed E-state index contributed by atoms with van der Waals surface area (Å²) in [6, 6.07) is 21.2. The molecule has 4 nitrogen and oxygen atoms in total. The van der Waals surface area contributed by atoms with E-state index in [4.69, 9.17) is 4.74 Å². The van der Waals surface area contributed by atoms with Gasteiger partial charge in [-0.05, 0) is 11.1 Å². The number of benzene rings is 2. The average molecular weight is 308 g/mol. The van der Waals surface area contributed by atoms with Crippen molar-refractivity contribution in [2.24, 2.45) is 0 Å². The van der Waals surface area contributed by atoms with E-state index in [-0.39, 0.29) is 17.7 Å². The number of hydrogen-bond donors (Lipinski definition) is 1. The standard InChI is InChI=1S/C19H20N2O2/c22-18-20-12-11-19(23-18)13-21(14-19)17(15-7-3-1-4-8-15)16-9-5-2-6-10-16/h1-10,17H,11-14H2,(H,20,22). The minimum absolute atomic E-state index is 0.205. The van der Waals surface area contributed by atoms with Crippen molar-refractivity contribution < 1.29 is 9.53 Å². The van der Waals surface area contributed by atoms with Crippen LogP contribution in [0.25, 0.3) is 0 Å². The molecule has 2 fully saturated rings. The third-order valence-electron chi connectivity index (χ3n) is 4.74. The van der Waals surface area contributed by atoms with Crippen molar-refractivity contribution in [3.05, 3.63) is 71.8 Å². The number of carbonyl (C=O) groups is 1. The molecule has 0 atom stereocenters. The predicted octanol–water partition coefficient (Wildman–Crippen LogP) is 2.96. The summed E-state index contributed by atoms with van der Waals surface area (Å²) in [5.74, 6) is 0. The summed E-state index contributed by atoms with van der Waals surface area (Å²) >= 11 is 0. The van der Waals surface area contributed by atoms with Gasteiger partial charge in [-0.1, -0.05) is 60.7 Å². The second-order valence-electron chi connectivity index (χ2n) is 6.38. The van der Waals surface area contributed by atoms with Crippen molar-refractivity contribution in [2.45, 2.75) is 18.1 Å². The lowest BCUT2D eigenvalue weighted by atomic mass is 9.84. The van der Waals surface area contributed by atoms with E-state index in [2.05, 4.69) is 58.7 Å². The number of ether oxygens (including phenoxy) is 1. The molecule has 1 N–H and O–H groups in total. The lowest BCUT2D eigenvalue weighted by Crippen LogP contribution is -2.67. The highest BCUT2D eigenvalue weighted by molar-refractivity contribution is 5.68. The summed E-state index contributed by atoms with van der Waals surface area (Å²) in [4.78, 5) is 13.9. The lowest BCUT2D eigenvalue weighted by molar-refractivity contribution is -0.128. The molecule has 0 unspecified atom stereocenters. The molecule has 0 radical (unpaired) electrons. The molecule has 2 aliphatic heterocycles. The fraction of sp³-hybridized carbons (Fsp3) is 0.316. The smallest absolute Gasteiger partial charge is 0.407 e. The van der Waals surface area contributed by atoms with Crippen LogP contribution in [0.5, 0.6) is 0 Å². The Bertz CT molecular complexity index is 642. The number of rotatable bonds is 3. The minimum Gasteiger partial charge on any atom is -0.440 e. The van der Waals surface area contributed by atoms with Gasteiger partial charge in [0.2, 0.25) is 0 Å². The van der Waals surface area contributed by atoms with Gasteiger partial charge in [0, 0.05) is 26.1 Å². The Hall–Kier alpha value is -2.33. The van der Waals surface area contributed by atoms with Crippen molar-refractivity contribution in [1.82, 2.24) is 10.2 Å². The second-order valence-corrected chi connectivity index (χ2v) is 6.38. The summed E-state index contributed by atoms with van der Waals surface area (Å²) in [5, 5.41) is 2.73. The van der Waals surface area contributed by atoms with Gasteiger partial charge in [-0.3, -0.25) is 4.90 Å². The molecule has 1 amide bonds. The third kappa shape index (κ3) is 2.70. The summed E-state index contributed by atoms with van der Waals surface area (Å²) in [6.07, 6.45) is 0.595. The Morgan fingerprint density at radius 3 is 2.04 bits per heavy atom. The quantitative estimate of drug-likeness (QED) is 0.948. The molecule has 0 saturated carbocycles. The van der Waals surface area contributed by atoms with E-state index in [0.717, 1.165) is 19.5 Å². The molecule has 2 aromatic carbocycles. The normalized spacial score (nSPS) is 20.0. The van der Waals surface area contributed by atoms with Crippen LogP contribution in [-0.2, 0) is 4.74 Å². The lowest BCUT2D eigenvalue weighted by Gasteiger charge is -2.53. The number of amides is 1. The minimum atomic E-state index is -0.301. The van der Waals surface area contributed by atoms with E-state index in [1.54, 1.807) is 0 Å². The zero-order chi connectivity index (χ0) is 15.7. The molecule has 2 aliphatic rings. The first-order valence-corrected chi connectivity index (χ1v) is 8.07. The van der Waals surface area contributed by atoms with E-state index in [1.165, 1.54) is 11.1 Å². The molecular weight excluding hydrogens is 288 g/mol. The van der Waals surface area contributed by atoms with Crippen molar-refractivity contribution >= 4 is 6.09 Å². The molecule has 0 bridgehead atoms. The highest BCUT2D eigenvalue weighted by Gasteiger charge is 2.50. The maximum atomic E-state index is 11.5. The number of alkyl carbamates (subject to hydrolysis) is 1. The first-order valence-electron chi connectivity index (χ1n) is 8.07. The Labute approximate surface area is 136 Å². The van der Waals surface area contributed by atoms with Gasteiger partial charge < -0.3 is 10.1 Å². The SMILES string of the molecule is O=C1NCCC2(CN(C(c3ccccc3)c3ccccc3)C2)O1. The Morgan fingerprint density at radius 1 is 0.957 bits per heavy atom. The zero-order valence-electron chi connectivity index (χ0n) is 12.9. The van der Waals surface area contributed by atoms with Crippen molar-refractivity contribution in [2.75, 3.05) is 19.6 Å². The number of nitrogens with one attached hydrogen (secondary N) is 1. The van der Waals surface area contributed by atoms with Gasteiger partial charge in [-0.15, -0.1) is 0 Å². The van der Waals surface area contributed by atoms with Crippen LogP contribution in [0.2, 0.25) is 0 Å². The second kappa shape index (κ2) is 5.70. The highest BCUT2D eigenvalue weighted by Crippen LogP contribution is 2.39. The van der Waals surface area contributed by atoms with Crippen LogP contribution in [0.15, 0.2) is 60.7 Å². The van der Waals surface area contributed by atoms with Crippen LogP contribution in [-0.4, -0.2) is 36.2 Å². The molecule has 2 saturated heterocycles. The summed E-state index contributed by atoms with van der Waals surface area (Å²) in [6.45, 7) is 2.28. The van der Waals surface area contributed by atoms with E-state index in [9.17, 15) is 4.79 Å². The Morgan fingerprint density at radius 2 is 1.52 bits per heavy atom. The summed E-state index contributed by atoms with van der Waals surface area (Å²) in [7, 11) is 0. The molecule has 1 spiro atoms. The monoisotopic (exact) mass is 308 g/mol. The van der Waals surface area contributed by atoms with Gasteiger partial charge >= 0.3 is 6.09 Å². The van der Waals surface area contributed by atoms with E-state index >= 15 is 0 Å². The number of likely N-dealkylation sites (tertiary alicyclic amines) is 1. The van der Waals surface area contributed by atoms with E-state index in [0.29, 0.717) is 6.54 Å². The van der Waals surface area contributed by atoms with Crippen LogP contribution in [0.3, 0.4) is 0 Å². The van der Waals surface area contributed by atoms with Crippen LogP contribution >= 0.6 is 0 Å². The first-order chi connectivity index (χ1) is 11.3. The fourth-order valence-corrected chi connectivity index (χ4v) is 3.66. The van der Waals surface area contributed by atoms with Gasteiger partial charge in [-0.2, -0.15) is 0 Å². The fourth-order valence-electron chi connectivity index (χ4n) is 3.66. The molecule has 118 valence electrons. The van der Waals surface area contributed by atoms with Crippen LogP contribution < -0.4 is 5.32 Å². The maximum absolute atomic E-state index is 11.5. The van der Waals surface area contributed by atoms with Crippen molar-refractivity contribution in [3.63, 3.8) is 0 Å². The van der Waals surface area contributed by atoms with Gasteiger partial charge in [0.05, 0.1) is 6.04 Å². The van der Waals surface area contributed by atoms with Crippen LogP contribution in [0, 0.1) is 0 Å². The topological polar surface area (TPSA) is 41.6 Å². The highest BCUT2D eigenvalue weighted by atomic mass is 16.6. The van der Waals surface area contributed by atoms with Gasteiger partial charge in [0.25, 0.3) is 0 Å². The molecule has 23 heavy (non-hydrogen) atoms. The third-order valence-corrected chi connectivity index (χ3v) is 4.74. The predicted molar refractivity (Wildman–Crippen MR) is 88.1 cm³/mol. The largest absolute Gasteiger partial charge is 0.440 e. The molecule has 4 rings (SSSR count). The van der Waals surface area contributed by atoms with Crippen molar-refractivity contribution in [3.8, 4) is 0 Å². The van der Waals surface area contributed by atoms with Crippen LogP contribution in [0.4, 0.5) is 4.79 Å². The van der Waals surface area contributed by atoms with Gasteiger partial charge in [-0.25, -0.2) is 4.79 Å². The molecule has 2 aromatic rings. The molecule has 4 heteroatoms. The summed E-state index contributed by atoms with van der Waals surface area (Å²) in [5.41, 5.74) is 2.24. The van der Waals surface area contributed by atoms with E-state index < -0.39 is 0 Å². The van der Waals surface area contributed by atoms with Crippen LogP contribution in [0.1, 0.15) is 23.6 Å². The van der Waals surface area contributed by atoms with E-state index in [1.807, 2.05) is 12.1 Å². The molecule has 0 aromatic heterocycles. The number of carbonyl (C=O) groups excluding carboxylic acids is 1. The molecule has 2 heterocycles. The average Bonchev–Trinajstić information content (AvgIpc) is 2.56. The summed E-state index contributed by atoms with van der Waals surface area (Å²) < 4.78 is 5.57. The molecule has 0 aliphatic carbocycles. The number of hydrogen-bond acceptors (Lipinski definition) is 3. The van der Waals surface area contributed by atoms with Gasteiger partial charge in [0.15, 0.2) is 0 Å². The Kier molecular flexibility index (Phi) is 3.54. The van der Waals surface area contributed by atoms with Gasteiger partial charge in [0.1, 0.15) is 5.60 Å². The zero-order valence-corrected chi connectivity index (χ0v) is 12.9. The molecular formula is C19H20N2O2. The maximum Gasteiger partial charge on any atom is 0.407 e.